The molecule has 2 aromatic carbocycles. The van der Waals surface area contributed by atoms with Crippen molar-refractivity contribution in [1.29, 1.82) is 5.26 Å². The normalized spacial score (nSPS) is 16.6. The summed E-state index contributed by atoms with van der Waals surface area (Å²) in [5.41, 5.74) is 1.01. The molecule has 4 nitrogen and oxygen atoms in total. The van der Waals surface area contributed by atoms with Crippen molar-refractivity contribution in [2.45, 2.75) is 57.4 Å². The van der Waals surface area contributed by atoms with E-state index in [0.717, 1.165) is 49.6 Å². The van der Waals surface area contributed by atoms with Crippen LogP contribution in [-0.4, -0.2) is 29.2 Å². The van der Waals surface area contributed by atoms with Gasteiger partial charge < -0.3 is 4.90 Å². The Morgan fingerprint density at radius 1 is 1.10 bits per heavy atom. The molecule has 0 radical (unpaired) electrons. The molecular formula is C25H28N2O2. The second-order valence-electron chi connectivity index (χ2n) is 7.70. The number of ketones is 1. The molecule has 1 fully saturated rings. The fourth-order valence-electron chi connectivity index (χ4n) is 3.91. The van der Waals surface area contributed by atoms with E-state index >= 15 is 0 Å². The average molecular weight is 389 g/mol. The number of allylic oxidation sites excluding steroid dienone is 1. The van der Waals surface area contributed by atoms with Crippen molar-refractivity contribution in [2.75, 3.05) is 6.54 Å². The van der Waals surface area contributed by atoms with Crippen LogP contribution >= 0.6 is 0 Å². The fraction of sp³-hybridized carbons (Fsp3) is 0.400. The number of nitrogens with zero attached hydrogens (tertiary/aromatic N) is 2. The van der Waals surface area contributed by atoms with E-state index in [-0.39, 0.29) is 17.7 Å². The van der Waals surface area contributed by atoms with Crippen LogP contribution in [0.3, 0.4) is 0 Å². The summed E-state index contributed by atoms with van der Waals surface area (Å²) < 4.78 is 0. The van der Waals surface area contributed by atoms with E-state index in [0.29, 0.717) is 19.3 Å². The first-order valence-corrected chi connectivity index (χ1v) is 10.5. The summed E-state index contributed by atoms with van der Waals surface area (Å²) in [6.45, 7) is 0.735. The lowest BCUT2D eigenvalue weighted by molar-refractivity contribution is -0.128. The molecule has 0 saturated carbocycles. The Hall–Kier alpha value is -2.93. The van der Waals surface area contributed by atoms with Crippen LogP contribution in [0.15, 0.2) is 54.6 Å². The van der Waals surface area contributed by atoms with Gasteiger partial charge in [-0.15, -0.1) is 0 Å². The Bertz CT molecular complexity index is 926. The van der Waals surface area contributed by atoms with Crippen molar-refractivity contribution in [3.8, 4) is 6.07 Å². The van der Waals surface area contributed by atoms with Gasteiger partial charge >= 0.3 is 0 Å². The average Bonchev–Trinajstić information content (AvgIpc) is 3.08. The fourth-order valence-corrected chi connectivity index (χ4v) is 3.91. The van der Waals surface area contributed by atoms with E-state index in [2.05, 4.69) is 30.3 Å². The lowest BCUT2D eigenvalue weighted by Crippen LogP contribution is -2.32. The third-order valence-corrected chi connectivity index (χ3v) is 5.51. The van der Waals surface area contributed by atoms with Crippen LogP contribution < -0.4 is 0 Å². The lowest BCUT2D eigenvalue weighted by atomic mass is 10.0. The quantitative estimate of drug-likeness (QED) is 0.426. The van der Waals surface area contributed by atoms with Crippen molar-refractivity contribution < 1.29 is 9.59 Å². The van der Waals surface area contributed by atoms with Crippen molar-refractivity contribution in [2.24, 2.45) is 0 Å². The summed E-state index contributed by atoms with van der Waals surface area (Å²) in [4.78, 5) is 26.5. The summed E-state index contributed by atoms with van der Waals surface area (Å²) in [6, 6.07) is 16.5. The number of hydrogen-bond donors (Lipinski definition) is 0. The van der Waals surface area contributed by atoms with E-state index in [9.17, 15) is 9.59 Å². The molecule has 0 unspecified atom stereocenters. The smallest absolute Gasteiger partial charge is 0.223 e. The van der Waals surface area contributed by atoms with Gasteiger partial charge in [-0.2, -0.15) is 5.26 Å². The highest BCUT2D eigenvalue weighted by Crippen LogP contribution is 2.21. The van der Waals surface area contributed by atoms with E-state index in [1.807, 2.05) is 29.2 Å². The monoisotopic (exact) mass is 388 g/mol. The Labute approximate surface area is 172 Å². The van der Waals surface area contributed by atoms with Gasteiger partial charge in [0.25, 0.3) is 0 Å². The first-order valence-electron chi connectivity index (χ1n) is 10.5. The molecule has 1 aliphatic rings. The molecule has 0 aromatic heterocycles. The van der Waals surface area contributed by atoms with Crippen LogP contribution in [0.2, 0.25) is 0 Å². The Morgan fingerprint density at radius 2 is 1.90 bits per heavy atom. The van der Waals surface area contributed by atoms with Gasteiger partial charge in [0.2, 0.25) is 5.91 Å². The molecule has 1 aliphatic heterocycles. The summed E-state index contributed by atoms with van der Waals surface area (Å²) in [5, 5.41) is 10.9. The van der Waals surface area contributed by atoms with E-state index in [1.165, 1.54) is 5.39 Å². The number of carbonyl (C=O) groups excluding carboxylic acids is 2. The maximum absolute atomic E-state index is 12.4. The summed E-state index contributed by atoms with van der Waals surface area (Å²) >= 11 is 0. The molecule has 2 aromatic rings. The standard InChI is InChI=1S/C25H28N2O2/c26-16-6-2-1-3-7-17-27-23(13-15-25(27)29)12-14-24(28)19-20-10-11-21-8-4-5-9-22(21)18-20/h4-5,8-12,14,18,23H,1-3,6-7,13,15,17,19H2/t23-/m0/s1. The number of carbonyl (C=O) groups is 2. The number of likely N-dealkylation sites (tertiary alicyclic amines) is 1. The van der Waals surface area contributed by atoms with Gasteiger partial charge in [0.15, 0.2) is 5.78 Å². The number of nitriles is 1. The van der Waals surface area contributed by atoms with Crippen LogP contribution in [0, 0.1) is 11.3 Å². The highest BCUT2D eigenvalue weighted by molar-refractivity contribution is 5.93. The molecule has 0 spiro atoms. The molecule has 150 valence electrons. The van der Waals surface area contributed by atoms with Gasteiger partial charge in [0, 0.05) is 25.8 Å². The lowest BCUT2D eigenvalue weighted by Gasteiger charge is -2.22. The zero-order chi connectivity index (χ0) is 20.5. The van der Waals surface area contributed by atoms with Crippen molar-refractivity contribution in [3.63, 3.8) is 0 Å². The predicted octanol–water partition coefficient (Wildman–Crippen LogP) is 4.97. The van der Waals surface area contributed by atoms with Gasteiger partial charge in [-0.25, -0.2) is 0 Å². The van der Waals surface area contributed by atoms with Gasteiger partial charge in [-0.05, 0) is 41.7 Å². The van der Waals surface area contributed by atoms with Crippen LogP contribution in [0.5, 0.6) is 0 Å². The van der Waals surface area contributed by atoms with Crippen LogP contribution in [-0.2, 0) is 16.0 Å². The molecule has 1 saturated heterocycles. The highest BCUT2D eigenvalue weighted by Gasteiger charge is 2.28. The van der Waals surface area contributed by atoms with Gasteiger partial charge in [0.05, 0.1) is 12.1 Å². The van der Waals surface area contributed by atoms with Crippen molar-refractivity contribution >= 4 is 22.5 Å². The predicted molar refractivity (Wildman–Crippen MR) is 115 cm³/mol. The first kappa shape index (κ1) is 20.8. The zero-order valence-corrected chi connectivity index (χ0v) is 16.8. The SMILES string of the molecule is N#CCCCCCCN1C(=O)CC[C@@H]1C=CC(=O)Cc1ccc2ccccc2c1. The number of unbranched alkanes of at least 4 members (excludes halogenated alkanes) is 4. The minimum absolute atomic E-state index is 0.0298. The molecule has 1 amide bonds. The van der Waals surface area contributed by atoms with Gasteiger partial charge in [-0.3, -0.25) is 9.59 Å². The van der Waals surface area contributed by atoms with Gasteiger partial charge in [-0.1, -0.05) is 61.4 Å². The van der Waals surface area contributed by atoms with E-state index in [4.69, 9.17) is 5.26 Å². The minimum atomic E-state index is 0.0298. The van der Waals surface area contributed by atoms with Crippen LogP contribution in [0.4, 0.5) is 0 Å². The molecular weight excluding hydrogens is 360 g/mol. The number of hydrogen-bond acceptors (Lipinski definition) is 3. The summed E-state index contributed by atoms with van der Waals surface area (Å²) in [5.74, 6) is 0.245. The van der Waals surface area contributed by atoms with E-state index in [1.54, 1.807) is 6.08 Å². The molecule has 29 heavy (non-hydrogen) atoms. The van der Waals surface area contributed by atoms with E-state index < -0.39 is 0 Å². The third kappa shape index (κ3) is 6.02. The topological polar surface area (TPSA) is 61.2 Å². The van der Waals surface area contributed by atoms with Crippen LogP contribution in [0.25, 0.3) is 10.8 Å². The second kappa shape index (κ2) is 10.6. The molecule has 1 heterocycles. The van der Waals surface area contributed by atoms with Gasteiger partial charge in [0.1, 0.15) is 0 Å². The number of rotatable bonds is 10. The Kier molecular flexibility index (Phi) is 7.58. The maximum atomic E-state index is 12.4. The Morgan fingerprint density at radius 3 is 2.72 bits per heavy atom. The molecule has 0 N–H and O–H groups in total. The first-order chi connectivity index (χ1) is 14.2. The molecule has 0 bridgehead atoms. The highest BCUT2D eigenvalue weighted by atomic mass is 16.2. The number of fused-ring (bicyclic) bond motifs is 1. The summed E-state index contributed by atoms with van der Waals surface area (Å²) in [6.07, 6.45) is 9.82. The third-order valence-electron chi connectivity index (χ3n) is 5.51. The largest absolute Gasteiger partial charge is 0.336 e. The van der Waals surface area contributed by atoms with Crippen molar-refractivity contribution in [1.82, 2.24) is 4.90 Å². The molecule has 3 rings (SSSR count). The number of amides is 1. The summed E-state index contributed by atoms with van der Waals surface area (Å²) in [7, 11) is 0. The minimum Gasteiger partial charge on any atom is -0.336 e. The Balaban J connectivity index is 1.51. The van der Waals surface area contributed by atoms with Crippen LogP contribution in [0.1, 0.15) is 50.5 Å². The maximum Gasteiger partial charge on any atom is 0.223 e. The van der Waals surface area contributed by atoms with Crippen molar-refractivity contribution in [3.05, 3.63) is 60.2 Å². The molecule has 1 atom stereocenters. The zero-order valence-electron chi connectivity index (χ0n) is 16.8. The molecule has 0 aliphatic carbocycles. The molecule has 4 heteroatoms. The second-order valence-corrected chi connectivity index (χ2v) is 7.70. The number of benzene rings is 2.